The summed E-state index contributed by atoms with van der Waals surface area (Å²) in [6.07, 6.45) is -1.79. The Hall–Kier alpha value is -4.87. The van der Waals surface area contributed by atoms with E-state index in [0.29, 0.717) is 16.9 Å². The van der Waals surface area contributed by atoms with E-state index < -0.39 is 24.0 Å². The van der Waals surface area contributed by atoms with Gasteiger partial charge in [0.25, 0.3) is 12.3 Å². The molecule has 4 aromatic rings. The molecule has 0 fully saturated rings. The number of nitrogens with zero attached hydrogens (tertiary/aromatic N) is 4. The zero-order valence-corrected chi connectivity index (χ0v) is 18.0. The highest BCUT2D eigenvalue weighted by molar-refractivity contribution is 5.99. The predicted octanol–water partition coefficient (Wildman–Crippen LogP) is 2.68. The summed E-state index contributed by atoms with van der Waals surface area (Å²) < 4.78 is 33.4. The van der Waals surface area contributed by atoms with E-state index in [2.05, 4.69) is 15.2 Å². The maximum Gasteiger partial charge on any atom is 0.371 e. The molecule has 0 aliphatic heterocycles. The van der Waals surface area contributed by atoms with Crippen molar-refractivity contribution in [1.82, 2.24) is 14.6 Å². The molecule has 4 N–H and O–H groups in total. The minimum absolute atomic E-state index is 0.114. The Balaban J connectivity index is 1.58. The third kappa shape index (κ3) is 5.21. The van der Waals surface area contributed by atoms with Gasteiger partial charge < -0.3 is 21.0 Å². The zero-order valence-electron chi connectivity index (χ0n) is 18.0. The van der Waals surface area contributed by atoms with Crippen LogP contribution in [0.15, 0.2) is 72.0 Å². The highest BCUT2D eigenvalue weighted by atomic mass is 19.3. The van der Waals surface area contributed by atoms with Crippen LogP contribution in [0.3, 0.4) is 0 Å². The van der Waals surface area contributed by atoms with Gasteiger partial charge in [-0.1, -0.05) is 35.5 Å². The summed E-state index contributed by atoms with van der Waals surface area (Å²) in [4.78, 5) is 32.7. The summed E-state index contributed by atoms with van der Waals surface area (Å²) in [5, 5.41) is 7.48. The van der Waals surface area contributed by atoms with Crippen molar-refractivity contribution < 1.29 is 27.9 Å². The first-order chi connectivity index (χ1) is 16.8. The largest absolute Gasteiger partial charge is 0.484 e. The van der Waals surface area contributed by atoms with E-state index in [4.69, 9.17) is 21.0 Å². The summed E-state index contributed by atoms with van der Waals surface area (Å²) in [7, 11) is 0. The molecule has 35 heavy (non-hydrogen) atoms. The van der Waals surface area contributed by atoms with Gasteiger partial charge in [-0.3, -0.25) is 4.79 Å². The fourth-order valence-electron chi connectivity index (χ4n) is 3.11. The monoisotopic (exact) mass is 480 g/mol. The molecule has 178 valence electrons. The van der Waals surface area contributed by atoms with Gasteiger partial charge in [-0.2, -0.15) is 5.10 Å². The molecule has 0 bridgehead atoms. The summed E-state index contributed by atoms with van der Waals surface area (Å²) in [5.74, 6) is -1.37. The van der Waals surface area contributed by atoms with Crippen LogP contribution in [0.25, 0.3) is 16.9 Å². The molecule has 2 aromatic carbocycles. The predicted molar refractivity (Wildman–Crippen MR) is 121 cm³/mol. The van der Waals surface area contributed by atoms with Crippen molar-refractivity contribution in [2.45, 2.75) is 6.43 Å². The highest BCUT2D eigenvalue weighted by Crippen LogP contribution is 2.27. The normalized spacial score (nSPS) is 11.6. The number of halogens is 2. The molecule has 0 aliphatic carbocycles. The minimum atomic E-state index is -2.87. The van der Waals surface area contributed by atoms with Crippen molar-refractivity contribution in [3.8, 4) is 17.0 Å². The number of rotatable bonds is 8. The number of carbonyl (C=O) groups is 2. The van der Waals surface area contributed by atoms with Crippen LogP contribution >= 0.6 is 0 Å². The van der Waals surface area contributed by atoms with Gasteiger partial charge >= 0.3 is 5.97 Å². The Labute approximate surface area is 196 Å². The zero-order chi connectivity index (χ0) is 24.9. The molecule has 0 spiro atoms. The molecule has 1 amide bonds. The van der Waals surface area contributed by atoms with Gasteiger partial charge in [0.2, 0.25) is 0 Å². The molecule has 0 radical (unpaired) electrons. The number of ether oxygens (including phenoxy) is 1. The maximum absolute atomic E-state index is 13.7. The van der Waals surface area contributed by atoms with Crippen LogP contribution in [-0.4, -0.2) is 38.9 Å². The first-order valence-electron chi connectivity index (χ1n) is 10.1. The topological polar surface area (TPSA) is 147 Å². The van der Waals surface area contributed by atoms with Crippen LogP contribution in [0.4, 0.5) is 8.78 Å². The highest BCUT2D eigenvalue weighted by Gasteiger charge is 2.22. The number of hydrogen-bond donors (Lipinski definition) is 2. The quantitative estimate of drug-likeness (QED) is 0.171. The molecule has 2 aromatic heterocycles. The number of alkyl halides is 2. The number of benzene rings is 2. The standard InChI is InChI=1S/C23H18F2N6O4/c24-20(25)18-10-17(13-4-2-1-3-5-13)29-22-16(11-28-31(18)22)23(33)35-30-21(27)14-6-8-15(9-7-14)34-12-19(26)32/h1-11,20H,12H2,(H2,26,32)(H2,27,30). The molecular formula is C23H18F2N6O4. The van der Waals surface area contributed by atoms with Crippen molar-refractivity contribution >= 4 is 23.4 Å². The average molecular weight is 480 g/mol. The second kappa shape index (κ2) is 9.95. The smallest absolute Gasteiger partial charge is 0.371 e. The van der Waals surface area contributed by atoms with Crippen LogP contribution in [0, 0.1) is 0 Å². The number of amides is 1. The molecule has 0 aliphatic rings. The molecule has 0 atom stereocenters. The second-order valence-corrected chi connectivity index (χ2v) is 7.16. The lowest BCUT2D eigenvalue weighted by Crippen LogP contribution is -2.20. The number of nitrogens with two attached hydrogens (primary N) is 2. The lowest BCUT2D eigenvalue weighted by Gasteiger charge is -2.08. The molecular weight excluding hydrogens is 462 g/mol. The van der Waals surface area contributed by atoms with E-state index in [1.165, 1.54) is 30.3 Å². The average Bonchev–Trinajstić information content (AvgIpc) is 3.30. The Kier molecular flexibility index (Phi) is 6.62. The van der Waals surface area contributed by atoms with Crippen LogP contribution in [-0.2, 0) is 9.63 Å². The van der Waals surface area contributed by atoms with Crippen molar-refractivity contribution in [1.29, 1.82) is 0 Å². The van der Waals surface area contributed by atoms with Crippen LogP contribution in [0.5, 0.6) is 5.75 Å². The molecule has 10 nitrogen and oxygen atoms in total. The fourth-order valence-corrected chi connectivity index (χ4v) is 3.11. The van der Waals surface area contributed by atoms with E-state index in [0.717, 1.165) is 10.7 Å². The van der Waals surface area contributed by atoms with Gasteiger partial charge in [0.1, 0.15) is 17.0 Å². The molecule has 12 heteroatoms. The number of hydrogen-bond acceptors (Lipinski definition) is 7. The Bertz CT molecular complexity index is 1410. The lowest BCUT2D eigenvalue weighted by atomic mass is 10.1. The van der Waals surface area contributed by atoms with Crippen molar-refractivity contribution in [2.75, 3.05) is 6.61 Å². The van der Waals surface area contributed by atoms with Crippen molar-refractivity contribution in [3.63, 3.8) is 0 Å². The Morgan fingerprint density at radius 1 is 1.06 bits per heavy atom. The van der Waals surface area contributed by atoms with Gasteiger partial charge in [-0.05, 0) is 30.3 Å². The van der Waals surface area contributed by atoms with E-state index in [1.807, 2.05) is 0 Å². The maximum atomic E-state index is 13.7. The number of oxime groups is 1. The van der Waals surface area contributed by atoms with Gasteiger partial charge in [0.15, 0.2) is 18.1 Å². The molecule has 4 rings (SSSR count). The number of fused-ring (bicyclic) bond motifs is 1. The molecule has 0 saturated heterocycles. The molecule has 2 heterocycles. The Morgan fingerprint density at radius 2 is 1.77 bits per heavy atom. The van der Waals surface area contributed by atoms with Crippen LogP contribution < -0.4 is 16.2 Å². The third-order valence-corrected chi connectivity index (χ3v) is 4.77. The summed E-state index contributed by atoms with van der Waals surface area (Å²) >= 11 is 0. The van der Waals surface area contributed by atoms with E-state index >= 15 is 0 Å². The van der Waals surface area contributed by atoms with Crippen molar-refractivity contribution in [2.24, 2.45) is 16.6 Å². The number of aromatic nitrogens is 3. The minimum Gasteiger partial charge on any atom is -0.484 e. The van der Waals surface area contributed by atoms with Crippen LogP contribution in [0.1, 0.15) is 28.0 Å². The number of amidine groups is 1. The summed E-state index contributed by atoms with van der Waals surface area (Å²) in [6.45, 7) is -0.284. The first kappa shape index (κ1) is 23.3. The van der Waals surface area contributed by atoms with Gasteiger partial charge in [-0.25, -0.2) is 23.1 Å². The molecule has 0 saturated carbocycles. The van der Waals surface area contributed by atoms with Crippen LogP contribution in [0.2, 0.25) is 0 Å². The van der Waals surface area contributed by atoms with E-state index in [-0.39, 0.29) is 29.3 Å². The van der Waals surface area contributed by atoms with Gasteiger partial charge in [-0.15, -0.1) is 0 Å². The SMILES string of the molecule is NC(=O)COc1ccc(/C(N)=N/OC(=O)c2cnn3c(C(F)F)cc(-c4ccccc4)nc23)cc1. The second-order valence-electron chi connectivity index (χ2n) is 7.16. The molecule has 0 unspecified atom stereocenters. The first-order valence-corrected chi connectivity index (χ1v) is 10.1. The summed E-state index contributed by atoms with van der Waals surface area (Å²) in [6, 6.07) is 16.0. The fraction of sp³-hybridized carbons (Fsp3) is 0.0870. The third-order valence-electron chi connectivity index (χ3n) is 4.77. The number of carbonyl (C=O) groups excluding carboxylic acids is 2. The Morgan fingerprint density at radius 3 is 2.43 bits per heavy atom. The summed E-state index contributed by atoms with van der Waals surface area (Å²) in [5.41, 5.74) is 11.4. The van der Waals surface area contributed by atoms with Gasteiger partial charge in [0.05, 0.1) is 11.9 Å². The van der Waals surface area contributed by atoms with Crippen molar-refractivity contribution in [3.05, 3.63) is 83.7 Å². The van der Waals surface area contributed by atoms with E-state index in [9.17, 15) is 18.4 Å². The number of primary amides is 1. The van der Waals surface area contributed by atoms with Gasteiger partial charge in [0, 0.05) is 11.1 Å². The van der Waals surface area contributed by atoms with E-state index in [1.54, 1.807) is 30.3 Å². The lowest BCUT2D eigenvalue weighted by molar-refractivity contribution is -0.119.